The molecule has 8 heteroatoms. The van der Waals surface area contributed by atoms with E-state index in [-0.39, 0.29) is 11.9 Å². The molecule has 0 N–H and O–H groups in total. The molecular weight excluding hydrogens is 370 g/mol. The normalized spacial score (nSPS) is 12.2. The second-order valence-electron chi connectivity index (χ2n) is 5.93. The Morgan fingerprint density at radius 2 is 1.78 bits per heavy atom. The number of rotatable bonds is 6. The molecule has 0 aliphatic rings. The molecule has 1 unspecified atom stereocenters. The molecule has 0 bridgehead atoms. The van der Waals surface area contributed by atoms with Crippen LogP contribution in [0.5, 0.6) is 0 Å². The monoisotopic (exact) mass is 388 g/mol. The van der Waals surface area contributed by atoms with E-state index in [4.69, 9.17) is 0 Å². The molecule has 3 aromatic rings. The van der Waals surface area contributed by atoms with Gasteiger partial charge in [-0.15, -0.1) is 0 Å². The highest BCUT2D eigenvalue weighted by Crippen LogP contribution is 2.26. The average Bonchev–Trinajstić information content (AvgIpc) is 3.21. The van der Waals surface area contributed by atoms with Crippen LogP contribution in [-0.4, -0.2) is 38.4 Å². The molecule has 0 radical (unpaired) electrons. The fourth-order valence-electron chi connectivity index (χ4n) is 2.63. The van der Waals surface area contributed by atoms with Crippen molar-refractivity contribution in [3.8, 4) is 5.69 Å². The number of nitrogens with zero attached hydrogens (tertiary/aromatic N) is 4. The van der Waals surface area contributed by atoms with Gasteiger partial charge in [0, 0.05) is 17.5 Å². The maximum absolute atomic E-state index is 12.7. The lowest BCUT2D eigenvalue weighted by Gasteiger charge is -2.25. The van der Waals surface area contributed by atoms with Crippen molar-refractivity contribution in [1.29, 1.82) is 0 Å². The van der Waals surface area contributed by atoms with Gasteiger partial charge >= 0.3 is 0 Å². The first-order chi connectivity index (χ1) is 13.0. The molecule has 5 nitrogen and oxygen atoms in total. The first-order valence-electron chi connectivity index (χ1n) is 8.22. The molecular formula is C19H18F2N4OS. The summed E-state index contributed by atoms with van der Waals surface area (Å²) in [5, 5.41) is 4.08. The van der Waals surface area contributed by atoms with Crippen molar-refractivity contribution >= 4 is 17.7 Å². The van der Waals surface area contributed by atoms with Crippen LogP contribution in [0.15, 0.2) is 66.1 Å². The summed E-state index contributed by atoms with van der Waals surface area (Å²) in [5.41, 5.74) is 2.31. The largest absolute Gasteiger partial charge is 0.335 e. The first kappa shape index (κ1) is 19.0. The molecule has 0 saturated carbocycles. The minimum absolute atomic E-state index is 0.155. The van der Waals surface area contributed by atoms with E-state index in [0.29, 0.717) is 22.2 Å². The maximum atomic E-state index is 12.7. The minimum Gasteiger partial charge on any atom is -0.335 e. The highest BCUT2D eigenvalue weighted by atomic mass is 32.2. The Balaban J connectivity index is 1.70. The number of amides is 1. The number of hydrogen-bond donors (Lipinski definition) is 0. The zero-order chi connectivity index (χ0) is 19.4. The van der Waals surface area contributed by atoms with Gasteiger partial charge in [-0.3, -0.25) is 4.79 Å². The van der Waals surface area contributed by atoms with E-state index < -0.39 is 5.76 Å². The van der Waals surface area contributed by atoms with Gasteiger partial charge in [0.1, 0.15) is 12.7 Å². The fourth-order valence-corrected chi connectivity index (χ4v) is 3.13. The zero-order valence-corrected chi connectivity index (χ0v) is 15.6. The van der Waals surface area contributed by atoms with Crippen molar-refractivity contribution in [2.24, 2.45) is 0 Å². The molecule has 1 aromatic heterocycles. The summed E-state index contributed by atoms with van der Waals surface area (Å²) in [6.45, 7) is 1.93. The number of carbonyl (C=O) groups excluding carboxylic acids is 1. The minimum atomic E-state index is -2.48. The highest BCUT2D eigenvalue weighted by molar-refractivity contribution is 7.99. The van der Waals surface area contributed by atoms with Gasteiger partial charge in [0.15, 0.2) is 0 Å². The van der Waals surface area contributed by atoms with Crippen LogP contribution in [0.2, 0.25) is 0 Å². The number of benzene rings is 2. The molecule has 0 aliphatic heterocycles. The quantitative estimate of drug-likeness (QED) is 0.587. The molecule has 140 valence electrons. The molecule has 1 amide bonds. The van der Waals surface area contributed by atoms with Crippen LogP contribution in [0.3, 0.4) is 0 Å². The van der Waals surface area contributed by atoms with Crippen LogP contribution in [0.25, 0.3) is 5.69 Å². The van der Waals surface area contributed by atoms with E-state index in [0.717, 1.165) is 11.3 Å². The zero-order valence-electron chi connectivity index (χ0n) is 14.8. The summed E-state index contributed by atoms with van der Waals surface area (Å²) < 4.78 is 26.5. The van der Waals surface area contributed by atoms with Crippen LogP contribution in [0.1, 0.15) is 28.9 Å². The van der Waals surface area contributed by atoms with E-state index in [2.05, 4.69) is 10.1 Å². The van der Waals surface area contributed by atoms with Crippen LogP contribution in [0.4, 0.5) is 8.78 Å². The summed E-state index contributed by atoms with van der Waals surface area (Å²) in [4.78, 5) is 18.7. The molecule has 0 fully saturated rings. The molecule has 1 heterocycles. The third kappa shape index (κ3) is 4.51. The Morgan fingerprint density at radius 1 is 1.11 bits per heavy atom. The van der Waals surface area contributed by atoms with Crippen LogP contribution in [0, 0.1) is 0 Å². The van der Waals surface area contributed by atoms with Gasteiger partial charge < -0.3 is 4.90 Å². The number of alkyl halides is 2. The van der Waals surface area contributed by atoms with Gasteiger partial charge in [-0.25, -0.2) is 9.67 Å². The van der Waals surface area contributed by atoms with Crippen LogP contribution >= 0.6 is 11.8 Å². The maximum Gasteiger partial charge on any atom is 0.288 e. The third-order valence-corrected chi connectivity index (χ3v) is 5.01. The van der Waals surface area contributed by atoms with E-state index in [1.807, 2.05) is 31.2 Å². The van der Waals surface area contributed by atoms with Crippen molar-refractivity contribution in [3.05, 3.63) is 72.3 Å². The van der Waals surface area contributed by atoms with E-state index in [9.17, 15) is 13.6 Å². The molecule has 0 spiro atoms. The Hall–Kier alpha value is -2.74. The second-order valence-corrected chi connectivity index (χ2v) is 6.99. The topological polar surface area (TPSA) is 51.0 Å². The second kappa shape index (κ2) is 8.30. The third-order valence-electron chi connectivity index (χ3n) is 4.29. The highest BCUT2D eigenvalue weighted by Gasteiger charge is 2.19. The SMILES string of the molecule is CC(c1ccc(-n2cncn2)cc1)N(C)C(=O)c1ccc(SC(F)F)cc1. The fraction of sp³-hybridized carbons (Fsp3) is 0.211. The van der Waals surface area contributed by atoms with Crippen molar-refractivity contribution in [3.63, 3.8) is 0 Å². The predicted molar refractivity (Wildman–Crippen MR) is 100 cm³/mol. The molecule has 27 heavy (non-hydrogen) atoms. The Bertz CT molecular complexity index is 883. The van der Waals surface area contributed by atoms with Crippen LogP contribution < -0.4 is 0 Å². The number of hydrogen-bond acceptors (Lipinski definition) is 4. The van der Waals surface area contributed by atoms with E-state index in [1.165, 1.54) is 18.5 Å². The summed E-state index contributed by atoms with van der Waals surface area (Å²) in [6.07, 6.45) is 3.08. The van der Waals surface area contributed by atoms with Crippen molar-refractivity contribution in [1.82, 2.24) is 19.7 Å². The number of halogens is 2. The predicted octanol–water partition coefficient (Wildman–Crippen LogP) is 4.42. The van der Waals surface area contributed by atoms with Crippen molar-refractivity contribution < 1.29 is 13.6 Å². The van der Waals surface area contributed by atoms with Gasteiger partial charge in [-0.2, -0.15) is 13.9 Å². The van der Waals surface area contributed by atoms with E-state index in [1.54, 1.807) is 35.1 Å². The lowest BCUT2D eigenvalue weighted by atomic mass is 10.1. The number of aromatic nitrogens is 3. The average molecular weight is 388 g/mol. The Labute approximate surface area is 160 Å². The molecule has 1 atom stereocenters. The number of thioether (sulfide) groups is 1. The van der Waals surface area contributed by atoms with Gasteiger partial charge in [0.2, 0.25) is 0 Å². The smallest absolute Gasteiger partial charge is 0.288 e. The van der Waals surface area contributed by atoms with Gasteiger partial charge in [0.05, 0.1) is 11.7 Å². The Kier molecular flexibility index (Phi) is 5.85. The summed E-state index contributed by atoms with van der Waals surface area (Å²) in [6, 6.07) is 13.8. The van der Waals surface area contributed by atoms with Crippen molar-refractivity contribution in [2.45, 2.75) is 23.6 Å². The molecule has 0 saturated heterocycles. The standard InChI is InChI=1S/C19H18F2N4OS/c1-13(14-3-7-16(8-4-14)25-12-22-11-23-25)24(2)18(26)15-5-9-17(10-6-15)27-19(20)21/h3-13,19H,1-2H3. The van der Waals surface area contributed by atoms with E-state index >= 15 is 0 Å². The van der Waals surface area contributed by atoms with Crippen molar-refractivity contribution in [2.75, 3.05) is 7.05 Å². The molecule has 0 aliphatic carbocycles. The van der Waals surface area contributed by atoms with Gasteiger partial charge in [-0.05, 0) is 48.9 Å². The molecule has 2 aromatic carbocycles. The Morgan fingerprint density at radius 3 is 2.33 bits per heavy atom. The number of carbonyl (C=O) groups is 1. The van der Waals surface area contributed by atoms with Gasteiger partial charge in [0.25, 0.3) is 11.7 Å². The molecule has 3 rings (SSSR count). The lowest BCUT2D eigenvalue weighted by molar-refractivity contribution is 0.0742. The summed E-state index contributed by atoms with van der Waals surface area (Å²) in [5.74, 6) is -2.65. The summed E-state index contributed by atoms with van der Waals surface area (Å²) in [7, 11) is 1.72. The first-order valence-corrected chi connectivity index (χ1v) is 9.10. The van der Waals surface area contributed by atoms with Crippen LogP contribution in [-0.2, 0) is 0 Å². The summed E-state index contributed by atoms with van der Waals surface area (Å²) >= 11 is 0.461. The lowest BCUT2D eigenvalue weighted by Crippen LogP contribution is -2.29. The van der Waals surface area contributed by atoms with Gasteiger partial charge in [-0.1, -0.05) is 23.9 Å².